The second-order valence-corrected chi connectivity index (χ2v) is 14.7. The van der Waals surface area contributed by atoms with Gasteiger partial charge >= 0.3 is 6.09 Å². The van der Waals surface area contributed by atoms with E-state index in [4.69, 9.17) is 9.62 Å². The van der Waals surface area contributed by atoms with E-state index in [0.29, 0.717) is 41.4 Å². The number of amides is 1. The van der Waals surface area contributed by atoms with Crippen LogP contribution in [0.2, 0.25) is 0 Å². The fourth-order valence-electron chi connectivity index (χ4n) is 10.1. The number of hydrogen-bond donors (Lipinski definition) is 3. The van der Waals surface area contributed by atoms with Crippen LogP contribution in [-0.4, -0.2) is 41.8 Å². The number of fused-ring (bicyclic) bond motifs is 3. The van der Waals surface area contributed by atoms with Gasteiger partial charge in [-0.1, -0.05) is 80.4 Å². The molecule has 3 aliphatic rings. The summed E-state index contributed by atoms with van der Waals surface area (Å²) in [4.78, 5) is 17.0. The first-order valence-electron chi connectivity index (χ1n) is 15.0. The van der Waals surface area contributed by atoms with Crippen molar-refractivity contribution >= 4 is 6.09 Å². The van der Waals surface area contributed by atoms with E-state index in [1.165, 1.54) is 24.7 Å². The van der Waals surface area contributed by atoms with Crippen LogP contribution in [0.5, 0.6) is 0 Å². The molecule has 2 saturated carbocycles. The minimum atomic E-state index is -1.10. The molecule has 3 rings (SSSR count). The van der Waals surface area contributed by atoms with Gasteiger partial charge in [-0.05, 0) is 84.4 Å². The molecule has 220 valence electrons. The lowest BCUT2D eigenvalue weighted by molar-refractivity contribution is -0.312. The fourth-order valence-corrected chi connectivity index (χ4v) is 10.1. The Bertz CT molecular complexity index is 916. The number of alkyl carbamates (subject to hydrolysis) is 1. The Morgan fingerprint density at radius 2 is 1.63 bits per heavy atom. The summed E-state index contributed by atoms with van der Waals surface area (Å²) in [6.07, 6.45) is -0.510. The number of nitrogens with one attached hydrogen (secondary N) is 1. The van der Waals surface area contributed by atoms with Crippen molar-refractivity contribution in [2.45, 2.75) is 114 Å². The van der Waals surface area contributed by atoms with Crippen LogP contribution in [0, 0.1) is 63.6 Å². The minimum absolute atomic E-state index is 0.0630. The molecule has 13 atom stereocenters. The number of aliphatic hydroxyl groups is 1. The number of aliphatic hydroxyl groups excluding tert-OH is 1. The topological polar surface area (TPSA) is 88.0 Å². The molecular weight excluding hydrogens is 478 g/mol. The predicted octanol–water partition coefficient (Wildman–Crippen LogP) is 7.18. The fraction of sp³-hybridized carbons (Fsp3) is 0.906. The lowest BCUT2D eigenvalue weighted by atomic mass is 9.37. The van der Waals surface area contributed by atoms with E-state index in [9.17, 15) is 15.2 Å². The summed E-state index contributed by atoms with van der Waals surface area (Å²) in [7, 11) is 1.30. The number of rotatable bonds is 5. The van der Waals surface area contributed by atoms with E-state index in [1.807, 2.05) is 0 Å². The maximum absolute atomic E-state index is 11.9. The highest BCUT2D eigenvalue weighted by atomic mass is 17.1. The van der Waals surface area contributed by atoms with Crippen LogP contribution >= 0.6 is 0 Å². The molecule has 0 aromatic heterocycles. The molecule has 6 heteroatoms. The normalized spacial score (nSPS) is 45.2. The zero-order valence-electron chi connectivity index (χ0n) is 26.4. The highest BCUT2D eigenvalue weighted by Crippen LogP contribution is 2.70. The first-order chi connectivity index (χ1) is 17.4. The second kappa shape index (κ2) is 10.7. The van der Waals surface area contributed by atoms with Crippen LogP contribution in [0.4, 0.5) is 4.79 Å². The first-order valence-corrected chi connectivity index (χ1v) is 15.0. The van der Waals surface area contributed by atoms with E-state index >= 15 is 0 Å². The van der Waals surface area contributed by atoms with Gasteiger partial charge in [-0.25, -0.2) is 9.68 Å². The molecule has 11 unspecified atom stereocenters. The largest absolute Gasteiger partial charge is 0.453 e. The Balaban J connectivity index is 2.21. The number of allylic oxidation sites excluding steroid dienone is 1. The quantitative estimate of drug-likeness (QED) is 0.197. The number of hydrogen-bond acceptors (Lipinski definition) is 5. The Labute approximate surface area is 232 Å². The van der Waals surface area contributed by atoms with E-state index in [0.717, 1.165) is 6.42 Å². The van der Waals surface area contributed by atoms with Gasteiger partial charge in [-0.3, -0.25) is 5.26 Å². The number of ether oxygens (including phenoxy) is 1. The zero-order valence-corrected chi connectivity index (χ0v) is 26.4. The minimum Gasteiger partial charge on any atom is -0.453 e. The standard InChI is InChI=1S/C32H57NO5/c1-16-14-17(2)32(12)21(6)19(4)25-20(5)24(28(38-36)27(34)23(8)33-29(35)37-13)15-31(11,30(25,9)10)22(7)26(32)18(16)3/h16-19,21-24,26-28,34,36H,14-15H2,1-13H3,(H,33,35)/t16?,17?,18?,19?,21?,22?,23?,24?,26?,27?,28-,31?,32-/m0/s1. The van der Waals surface area contributed by atoms with Gasteiger partial charge in [-0.2, -0.15) is 0 Å². The Kier molecular flexibility index (Phi) is 8.85. The molecule has 6 nitrogen and oxygen atoms in total. The Hall–Kier alpha value is -1.11. The maximum Gasteiger partial charge on any atom is 0.407 e. The Morgan fingerprint density at radius 1 is 1.05 bits per heavy atom. The van der Waals surface area contributed by atoms with Crippen LogP contribution in [0.1, 0.15) is 95.9 Å². The molecule has 0 radical (unpaired) electrons. The van der Waals surface area contributed by atoms with Crippen LogP contribution in [0.3, 0.4) is 0 Å². The lowest BCUT2D eigenvalue weighted by Crippen LogP contribution is -2.62. The average Bonchev–Trinajstić information content (AvgIpc) is 2.84. The van der Waals surface area contributed by atoms with Crippen molar-refractivity contribution in [1.82, 2.24) is 5.32 Å². The molecule has 38 heavy (non-hydrogen) atoms. The van der Waals surface area contributed by atoms with E-state index < -0.39 is 24.3 Å². The third kappa shape index (κ3) is 4.45. The van der Waals surface area contributed by atoms with Crippen molar-refractivity contribution in [3.05, 3.63) is 11.1 Å². The van der Waals surface area contributed by atoms with Crippen LogP contribution in [-0.2, 0) is 9.62 Å². The van der Waals surface area contributed by atoms with Gasteiger partial charge < -0.3 is 15.2 Å². The molecule has 0 saturated heterocycles. The molecule has 3 N–H and O–H groups in total. The lowest BCUT2D eigenvalue weighted by Gasteiger charge is -2.68. The molecule has 2 fully saturated rings. The number of carbonyl (C=O) groups is 1. The molecule has 2 bridgehead atoms. The van der Waals surface area contributed by atoms with Gasteiger partial charge in [-0.15, -0.1) is 0 Å². The Morgan fingerprint density at radius 3 is 2.16 bits per heavy atom. The second-order valence-electron chi connectivity index (χ2n) is 14.7. The summed E-state index contributed by atoms with van der Waals surface area (Å²) < 4.78 is 4.74. The highest BCUT2D eigenvalue weighted by molar-refractivity contribution is 5.67. The van der Waals surface area contributed by atoms with Crippen LogP contribution in [0.25, 0.3) is 0 Å². The van der Waals surface area contributed by atoms with Crippen molar-refractivity contribution in [2.75, 3.05) is 7.11 Å². The molecule has 0 aromatic rings. The predicted molar refractivity (Wildman–Crippen MR) is 152 cm³/mol. The molecule has 0 spiro atoms. The molecule has 3 aliphatic carbocycles. The summed E-state index contributed by atoms with van der Waals surface area (Å²) in [5.74, 6) is 3.55. The summed E-state index contributed by atoms with van der Waals surface area (Å²) >= 11 is 0. The highest BCUT2D eigenvalue weighted by Gasteiger charge is 2.64. The molecule has 1 amide bonds. The monoisotopic (exact) mass is 535 g/mol. The van der Waals surface area contributed by atoms with Gasteiger partial charge in [0, 0.05) is 5.92 Å². The van der Waals surface area contributed by atoms with Crippen LogP contribution < -0.4 is 5.32 Å². The number of carbonyl (C=O) groups excluding carboxylic acids is 1. The average molecular weight is 536 g/mol. The summed E-state index contributed by atoms with van der Waals surface area (Å²) in [5, 5.41) is 24.2. The molecule has 0 aromatic carbocycles. The van der Waals surface area contributed by atoms with Gasteiger partial charge in [0.2, 0.25) is 0 Å². The first kappa shape index (κ1) is 31.4. The van der Waals surface area contributed by atoms with Crippen molar-refractivity contribution in [3.63, 3.8) is 0 Å². The summed E-state index contributed by atoms with van der Waals surface area (Å²) in [5.41, 5.74) is 2.73. The van der Waals surface area contributed by atoms with Crippen molar-refractivity contribution in [1.29, 1.82) is 0 Å². The maximum atomic E-state index is 11.9. The number of methoxy groups -OCH3 is 1. The van der Waals surface area contributed by atoms with Gasteiger partial charge in [0.25, 0.3) is 0 Å². The summed E-state index contributed by atoms with van der Waals surface area (Å²) in [6, 6.07) is -0.651. The third-order valence-electron chi connectivity index (χ3n) is 13.3. The summed E-state index contributed by atoms with van der Waals surface area (Å²) in [6.45, 7) is 28.6. The third-order valence-corrected chi connectivity index (χ3v) is 13.3. The van der Waals surface area contributed by atoms with E-state index in [2.05, 4.69) is 81.5 Å². The SMILES string of the molecule is COC(=O)NC(C)C(O)[C@@H](OO)C1CC2(C)C(C)C3C(C)C(C)CC(C)[C@@]3(C)C(C)C(C)C(=C1C)C2(C)C. The molecule has 0 heterocycles. The molecular formula is C32H57NO5. The van der Waals surface area contributed by atoms with Gasteiger partial charge in [0.1, 0.15) is 12.2 Å². The van der Waals surface area contributed by atoms with Crippen LogP contribution in [0.15, 0.2) is 11.1 Å². The smallest absolute Gasteiger partial charge is 0.407 e. The molecule has 0 aliphatic heterocycles. The zero-order chi connectivity index (χ0) is 29.1. The van der Waals surface area contributed by atoms with Crippen molar-refractivity contribution < 1.29 is 24.8 Å². The van der Waals surface area contributed by atoms with Crippen molar-refractivity contribution in [3.8, 4) is 0 Å². The van der Waals surface area contributed by atoms with E-state index in [1.54, 1.807) is 6.92 Å². The van der Waals surface area contributed by atoms with Gasteiger partial charge in [0.05, 0.1) is 13.2 Å². The van der Waals surface area contributed by atoms with Crippen molar-refractivity contribution in [2.24, 2.45) is 63.6 Å². The van der Waals surface area contributed by atoms with E-state index in [-0.39, 0.29) is 22.2 Å². The van der Waals surface area contributed by atoms with Gasteiger partial charge in [0.15, 0.2) is 0 Å².